The predicted molar refractivity (Wildman–Crippen MR) is 83.2 cm³/mol. The Labute approximate surface area is 136 Å². The highest BCUT2D eigenvalue weighted by atomic mass is 19.1. The van der Waals surface area contributed by atoms with E-state index in [0.717, 1.165) is 6.07 Å². The van der Waals surface area contributed by atoms with Crippen molar-refractivity contribution >= 4 is 11.6 Å². The van der Waals surface area contributed by atoms with Crippen molar-refractivity contribution in [1.82, 2.24) is 5.32 Å². The predicted octanol–water partition coefficient (Wildman–Crippen LogP) is 2.56. The molecule has 0 aromatic heterocycles. The van der Waals surface area contributed by atoms with Gasteiger partial charge >= 0.3 is 5.69 Å². The molecular formula is C16H15FN2O5. The Morgan fingerprint density at radius 1 is 1.33 bits per heavy atom. The molecular weight excluding hydrogens is 319 g/mol. The highest BCUT2D eigenvalue weighted by Gasteiger charge is 2.21. The highest BCUT2D eigenvalue weighted by molar-refractivity contribution is 5.98. The minimum absolute atomic E-state index is 0.0447. The lowest BCUT2D eigenvalue weighted by Crippen LogP contribution is -2.29. The summed E-state index contributed by atoms with van der Waals surface area (Å²) in [6.07, 6.45) is -0.532. The van der Waals surface area contributed by atoms with Crippen LogP contribution in [0.1, 0.15) is 22.0 Å². The molecule has 0 radical (unpaired) electrons. The van der Waals surface area contributed by atoms with E-state index in [2.05, 4.69) is 5.32 Å². The molecule has 1 atom stereocenters. The van der Waals surface area contributed by atoms with Gasteiger partial charge in [0.05, 0.1) is 16.6 Å². The molecule has 0 bridgehead atoms. The van der Waals surface area contributed by atoms with E-state index in [-0.39, 0.29) is 17.9 Å². The highest BCUT2D eigenvalue weighted by Crippen LogP contribution is 2.29. The number of carbonyl (C=O) groups is 1. The van der Waals surface area contributed by atoms with E-state index < -0.39 is 28.4 Å². The number of hydrogen-bond acceptors (Lipinski definition) is 5. The number of ether oxygens (including phenoxy) is 1. The third-order valence-corrected chi connectivity index (χ3v) is 3.43. The molecule has 0 heterocycles. The van der Waals surface area contributed by atoms with Gasteiger partial charge in [-0.25, -0.2) is 4.39 Å². The number of rotatable bonds is 6. The smallest absolute Gasteiger partial charge is 0.311 e. The second-order valence-corrected chi connectivity index (χ2v) is 4.92. The fraction of sp³-hybridized carbons (Fsp3) is 0.188. The summed E-state index contributed by atoms with van der Waals surface area (Å²) in [6, 6.07) is 9.28. The topological polar surface area (TPSA) is 102 Å². The number of amides is 1. The van der Waals surface area contributed by atoms with E-state index in [9.17, 15) is 24.4 Å². The monoisotopic (exact) mass is 334 g/mol. The van der Waals surface area contributed by atoms with Gasteiger partial charge in [-0.2, -0.15) is 0 Å². The Morgan fingerprint density at radius 3 is 2.58 bits per heavy atom. The number of carbonyl (C=O) groups excluding carboxylic acids is 1. The van der Waals surface area contributed by atoms with Gasteiger partial charge in [0.2, 0.25) is 5.75 Å². The summed E-state index contributed by atoms with van der Waals surface area (Å²) in [7, 11) is 1.44. The largest absolute Gasteiger partial charge is 0.502 e. The Balaban J connectivity index is 2.11. The van der Waals surface area contributed by atoms with Gasteiger partial charge in [0, 0.05) is 19.7 Å². The Kier molecular flexibility index (Phi) is 5.43. The molecule has 0 spiro atoms. The van der Waals surface area contributed by atoms with Crippen molar-refractivity contribution in [1.29, 1.82) is 0 Å². The van der Waals surface area contributed by atoms with Gasteiger partial charge < -0.3 is 15.2 Å². The van der Waals surface area contributed by atoms with Crippen molar-refractivity contribution in [2.24, 2.45) is 0 Å². The summed E-state index contributed by atoms with van der Waals surface area (Å²) in [5.41, 5.74) is -0.106. The maximum atomic E-state index is 12.9. The second kappa shape index (κ2) is 7.51. The van der Waals surface area contributed by atoms with Crippen molar-refractivity contribution in [3.8, 4) is 5.75 Å². The van der Waals surface area contributed by atoms with E-state index in [1.807, 2.05) is 0 Å². The molecule has 1 unspecified atom stereocenters. The van der Waals surface area contributed by atoms with E-state index in [1.165, 1.54) is 43.5 Å². The summed E-state index contributed by atoms with van der Waals surface area (Å²) in [5.74, 6) is -1.77. The molecule has 126 valence electrons. The normalized spacial score (nSPS) is 11.8. The molecule has 0 aliphatic rings. The van der Waals surface area contributed by atoms with Gasteiger partial charge in [0.25, 0.3) is 5.91 Å². The zero-order valence-electron chi connectivity index (χ0n) is 12.7. The lowest BCUT2D eigenvalue weighted by Gasteiger charge is -2.16. The summed E-state index contributed by atoms with van der Waals surface area (Å²) < 4.78 is 18.2. The number of nitrogens with zero attached hydrogens (tertiary/aromatic N) is 1. The van der Waals surface area contributed by atoms with Crippen molar-refractivity contribution in [3.63, 3.8) is 0 Å². The number of phenolic OH excluding ortho intramolecular Hbond substituents is 1. The van der Waals surface area contributed by atoms with Crippen molar-refractivity contribution in [2.45, 2.75) is 6.10 Å². The van der Waals surface area contributed by atoms with Gasteiger partial charge in [-0.1, -0.05) is 18.2 Å². The van der Waals surface area contributed by atoms with E-state index >= 15 is 0 Å². The lowest BCUT2D eigenvalue weighted by molar-refractivity contribution is -0.385. The number of nitro groups is 1. The minimum Gasteiger partial charge on any atom is -0.502 e. The molecule has 0 saturated carbocycles. The number of methoxy groups -OCH3 is 1. The van der Waals surface area contributed by atoms with Crippen LogP contribution in [0.25, 0.3) is 0 Å². The quantitative estimate of drug-likeness (QED) is 0.624. The van der Waals surface area contributed by atoms with Crippen molar-refractivity contribution < 1.29 is 24.0 Å². The zero-order chi connectivity index (χ0) is 17.7. The number of aromatic hydroxyl groups is 1. The molecule has 0 fully saturated rings. The first-order valence-corrected chi connectivity index (χ1v) is 6.97. The molecule has 0 aliphatic heterocycles. The van der Waals surface area contributed by atoms with Crippen LogP contribution in [-0.4, -0.2) is 29.6 Å². The third-order valence-electron chi connectivity index (χ3n) is 3.43. The molecule has 0 aliphatic carbocycles. The summed E-state index contributed by atoms with van der Waals surface area (Å²) in [6.45, 7) is 0.0447. The zero-order valence-corrected chi connectivity index (χ0v) is 12.7. The third kappa shape index (κ3) is 3.85. The number of nitrogens with one attached hydrogen (secondary N) is 1. The molecule has 2 rings (SSSR count). The van der Waals surface area contributed by atoms with Crippen LogP contribution in [0.2, 0.25) is 0 Å². The van der Waals surface area contributed by atoms with Crippen LogP contribution in [0.15, 0.2) is 42.5 Å². The molecule has 8 heteroatoms. The minimum atomic E-state index is -0.775. The fourth-order valence-electron chi connectivity index (χ4n) is 2.16. The SMILES string of the molecule is COC(CNC(=O)c1cccc([N+](=O)[O-])c1O)c1ccc(F)cc1. The average Bonchev–Trinajstić information content (AvgIpc) is 2.56. The van der Waals surface area contributed by atoms with Crippen LogP contribution in [0.3, 0.4) is 0 Å². The van der Waals surface area contributed by atoms with Crippen LogP contribution in [0.4, 0.5) is 10.1 Å². The molecule has 7 nitrogen and oxygen atoms in total. The lowest BCUT2D eigenvalue weighted by atomic mass is 10.1. The van der Waals surface area contributed by atoms with Crippen molar-refractivity contribution in [3.05, 3.63) is 69.5 Å². The van der Waals surface area contributed by atoms with Crippen LogP contribution in [0, 0.1) is 15.9 Å². The number of hydrogen-bond donors (Lipinski definition) is 2. The number of benzene rings is 2. The van der Waals surface area contributed by atoms with Crippen molar-refractivity contribution in [2.75, 3.05) is 13.7 Å². The molecule has 1 amide bonds. The molecule has 24 heavy (non-hydrogen) atoms. The van der Waals surface area contributed by atoms with Gasteiger partial charge in [-0.05, 0) is 23.8 Å². The number of nitro benzene ring substituents is 1. The van der Waals surface area contributed by atoms with E-state index in [1.54, 1.807) is 0 Å². The number of phenols is 1. The molecule has 2 N–H and O–H groups in total. The number of halogens is 1. The standard InChI is InChI=1S/C16H15FN2O5/c1-24-14(10-5-7-11(17)8-6-10)9-18-16(21)12-3-2-4-13(15(12)20)19(22)23/h2-8,14,20H,9H2,1H3,(H,18,21). The average molecular weight is 334 g/mol. The summed E-state index contributed by atoms with van der Waals surface area (Å²) in [4.78, 5) is 22.1. The first-order chi connectivity index (χ1) is 11.4. The van der Waals surface area contributed by atoms with Crippen LogP contribution >= 0.6 is 0 Å². The van der Waals surface area contributed by atoms with Crippen LogP contribution in [0.5, 0.6) is 5.75 Å². The first-order valence-electron chi connectivity index (χ1n) is 6.97. The maximum Gasteiger partial charge on any atom is 0.311 e. The fourth-order valence-corrected chi connectivity index (χ4v) is 2.16. The first kappa shape index (κ1) is 17.4. The number of para-hydroxylation sites is 1. The van der Waals surface area contributed by atoms with E-state index in [4.69, 9.17) is 4.74 Å². The van der Waals surface area contributed by atoms with Gasteiger partial charge in [0.1, 0.15) is 5.82 Å². The van der Waals surface area contributed by atoms with Gasteiger partial charge in [-0.3, -0.25) is 14.9 Å². The molecule has 2 aromatic rings. The van der Waals surface area contributed by atoms with Crippen LogP contribution in [-0.2, 0) is 4.74 Å². The maximum absolute atomic E-state index is 12.9. The Morgan fingerprint density at radius 2 is 2.00 bits per heavy atom. The second-order valence-electron chi connectivity index (χ2n) is 4.92. The van der Waals surface area contributed by atoms with Crippen LogP contribution < -0.4 is 5.32 Å². The summed E-state index contributed by atoms with van der Waals surface area (Å²) in [5, 5.41) is 23.1. The summed E-state index contributed by atoms with van der Waals surface area (Å²) >= 11 is 0. The van der Waals surface area contributed by atoms with E-state index in [0.29, 0.717) is 5.56 Å². The molecule has 2 aromatic carbocycles. The van der Waals surface area contributed by atoms with Gasteiger partial charge in [0.15, 0.2) is 0 Å². The van der Waals surface area contributed by atoms with Gasteiger partial charge in [-0.15, -0.1) is 0 Å². The Bertz CT molecular complexity index is 749. The molecule has 0 saturated heterocycles. The Hall–Kier alpha value is -3.00.